The molecule has 0 unspecified atom stereocenters. The molecule has 0 saturated carbocycles. The molecule has 0 amide bonds. The van der Waals surface area contributed by atoms with Crippen LogP contribution in [0.2, 0.25) is 5.02 Å². The lowest BCUT2D eigenvalue weighted by Gasteiger charge is -1.98. The fraction of sp³-hybridized carbons (Fsp3) is 0. The maximum absolute atomic E-state index is 10.8. The van der Waals surface area contributed by atoms with E-state index in [4.69, 9.17) is 27.5 Å². The summed E-state index contributed by atoms with van der Waals surface area (Å²) >= 11 is 5.67. The van der Waals surface area contributed by atoms with Gasteiger partial charge in [0.2, 0.25) is 0 Å². The molecule has 1 aromatic rings. The van der Waals surface area contributed by atoms with Crippen molar-refractivity contribution in [1.82, 2.24) is 0 Å². The van der Waals surface area contributed by atoms with Crippen molar-refractivity contribution in [3.8, 4) is 0 Å². The highest BCUT2D eigenvalue weighted by Gasteiger charge is 2.16. The lowest BCUT2D eigenvalue weighted by molar-refractivity contribution is -0.136. The largest absolute Gasteiger partial charge is 0.477 e. The third-order valence-corrected chi connectivity index (χ3v) is 2.15. The number of carbonyl (C=O) groups is 2. The molecule has 1 rings (SSSR count). The third kappa shape index (κ3) is 3.60. The molecule has 0 spiro atoms. The molecule has 6 nitrogen and oxygen atoms in total. The lowest BCUT2D eigenvalue weighted by Crippen LogP contribution is -2.17. The standard InChI is InChI=1S/C11H9ClN2O4/c12-7-3-1-6(2-4-7)5-14-9(11(17)18)8(13)10(15)16/h1-5H,13H2,(H,15,16)(H,17,18)/b9-8+,14-5?. The molecule has 94 valence electrons. The van der Waals surface area contributed by atoms with Crippen molar-refractivity contribution in [3.63, 3.8) is 0 Å². The van der Waals surface area contributed by atoms with Gasteiger partial charge in [-0.15, -0.1) is 0 Å². The second kappa shape index (κ2) is 5.83. The Bertz CT molecular complexity index is 534. The average Bonchev–Trinajstić information content (AvgIpc) is 2.31. The van der Waals surface area contributed by atoms with Crippen LogP contribution in [-0.4, -0.2) is 28.4 Å². The van der Waals surface area contributed by atoms with Crippen molar-refractivity contribution in [1.29, 1.82) is 0 Å². The van der Waals surface area contributed by atoms with Gasteiger partial charge in [-0.3, -0.25) is 0 Å². The van der Waals surface area contributed by atoms with E-state index in [1.807, 2.05) is 0 Å². The van der Waals surface area contributed by atoms with Gasteiger partial charge in [-0.1, -0.05) is 23.7 Å². The molecule has 0 saturated heterocycles. The molecule has 0 aromatic heterocycles. The van der Waals surface area contributed by atoms with E-state index in [-0.39, 0.29) is 0 Å². The minimum atomic E-state index is -1.54. The summed E-state index contributed by atoms with van der Waals surface area (Å²) in [5.74, 6) is -3.05. The quantitative estimate of drug-likeness (QED) is 0.559. The number of carboxylic acids is 2. The normalized spacial score (nSPS) is 12.3. The summed E-state index contributed by atoms with van der Waals surface area (Å²) in [6.07, 6.45) is 1.19. The second-order valence-electron chi connectivity index (χ2n) is 3.18. The molecular weight excluding hydrogens is 260 g/mol. The highest BCUT2D eigenvalue weighted by molar-refractivity contribution is 6.30. The number of halogens is 1. The van der Waals surface area contributed by atoms with E-state index in [2.05, 4.69) is 4.99 Å². The number of aliphatic carboxylic acids is 2. The maximum atomic E-state index is 10.8. The highest BCUT2D eigenvalue weighted by atomic mass is 35.5. The van der Waals surface area contributed by atoms with Gasteiger partial charge in [-0.05, 0) is 17.7 Å². The molecule has 0 bridgehead atoms. The van der Waals surface area contributed by atoms with E-state index >= 15 is 0 Å². The van der Waals surface area contributed by atoms with Crippen LogP contribution in [-0.2, 0) is 9.59 Å². The van der Waals surface area contributed by atoms with Gasteiger partial charge < -0.3 is 15.9 Å². The Hall–Kier alpha value is -2.34. The van der Waals surface area contributed by atoms with E-state index in [9.17, 15) is 9.59 Å². The van der Waals surface area contributed by atoms with E-state index < -0.39 is 23.3 Å². The van der Waals surface area contributed by atoms with Gasteiger partial charge in [0.15, 0.2) is 11.4 Å². The van der Waals surface area contributed by atoms with Crippen molar-refractivity contribution < 1.29 is 19.8 Å². The number of nitrogens with zero attached hydrogens (tertiary/aromatic N) is 1. The number of hydrogen-bond donors (Lipinski definition) is 3. The van der Waals surface area contributed by atoms with Gasteiger partial charge in [0.1, 0.15) is 0 Å². The summed E-state index contributed by atoms with van der Waals surface area (Å²) in [6.45, 7) is 0. The van der Waals surface area contributed by atoms with Crippen LogP contribution >= 0.6 is 11.6 Å². The first-order valence-corrected chi connectivity index (χ1v) is 5.05. The van der Waals surface area contributed by atoms with Gasteiger partial charge in [-0.2, -0.15) is 0 Å². The Labute approximate surface area is 107 Å². The minimum absolute atomic E-state index is 0.520. The molecule has 0 fully saturated rings. The summed E-state index contributed by atoms with van der Waals surface area (Å²) in [7, 11) is 0. The predicted molar refractivity (Wildman–Crippen MR) is 65.5 cm³/mol. The number of rotatable bonds is 4. The Balaban J connectivity index is 3.06. The monoisotopic (exact) mass is 268 g/mol. The molecular formula is C11H9ClN2O4. The first-order valence-electron chi connectivity index (χ1n) is 4.67. The van der Waals surface area contributed by atoms with Crippen LogP contribution in [0.25, 0.3) is 0 Å². The molecule has 4 N–H and O–H groups in total. The number of hydrogen-bond acceptors (Lipinski definition) is 4. The van der Waals surface area contributed by atoms with Crippen LogP contribution in [0.3, 0.4) is 0 Å². The maximum Gasteiger partial charge on any atom is 0.356 e. The van der Waals surface area contributed by atoms with Crippen LogP contribution in [0, 0.1) is 0 Å². The smallest absolute Gasteiger partial charge is 0.356 e. The number of nitrogens with two attached hydrogens (primary N) is 1. The van der Waals surface area contributed by atoms with Crippen LogP contribution in [0.1, 0.15) is 5.56 Å². The molecule has 0 aliphatic carbocycles. The topological polar surface area (TPSA) is 113 Å². The number of benzene rings is 1. The lowest BCUT2D eigenvalue weighted by atomic mass is 10.2. The molecule has 0 aliphatic rings. The van der Waals surface area contributed by atoms with Crippen molar-refractivity contribution in [3.05, 3.63) is 46.2 Å². The van der Waals surface area contributed by atoms with Gasteiger partial charge in [0.05, 0.1) is 0 Å². The van der Waals surface area contributed by atoms with Gasteiger partial charge >= 0.3 is 11.9 Å². The van der Waals surface area contributed by atoms with Gasteiger partial charge in [0.25, 0.3) is 0 Å². The van der Waals surface area contributed by atoms with E-state index in [1.165, 1.54) is 6.21 Å². The Morgan fingerprint density at radius 2 is 1.72 bits per heavy atom. The van der Waals surface area contributed by atoms with Crippen molar-refractivity contribution in [2.75, 3.05) is 0 Å². The first-order chi connectivity index (χ1) is 8.41. The van der Waals surface area contributed by atoms with Crippen LogP contribution in [0.15, 0.2) is 40.7 Å². The minimum Gasteiger partial charge on any atom is -0.477 e. The molecule has 7 heteroatoms. The summed E-state index contributed by atoms with van der Waals surface area (Å²) in [6, 6.07) is 6.38. The van der Waals surface area contributed by atoms with Crippen LogP contribution in [0.5, 0.6) is 0 Å². The zero-order valence-corrected chi connectivity index (χ0v) is 9.76. The zero-order valence-electron chi connectivity index (χ0n) is 9.00. The van der Waals surface area contributed by atoms with Crippen molar-refractivity contribution in [2.24, 2.45) is 10.7 Å². The van der Waals surface area contributed by atoms with E-state index in [0.29, 0.717) is 10.6 Å². The molecule has 0 atom stereocenters. The van der Waals surface area contributed by atoms with Crippen molar-refractivity contribution >= 4 is 29.8 Å². The zero-order chi connectivity index (χ0) is 13.7. The Morgan fingerprint density at radius 3 is 2.17 bits per heavy atom. The summed E-state index contributed by atoms with van der Waals surface area (Å²) in [4.78, 5) is 24.9. The molecule has 0 radical (unpaired) electrons. The number of aliphatic imine (C=N–C) groups is 1. The van der Waals surface area contributed by atoms with Crippen molar-refractivity contribution in [2.45, 2.75) is 0 Å². The average molecular weight is 269 g/mol. The number of carboxylic acid groups (broad SMARTS) is 2. The van der Waals surface area contributed by atoms with E-state index in [1.54, 1.807) is 24.3 Å². The Kier molecular flexibility index (Phi) is 4.45. The first kappa shape index (κ1) is 13.7. The van der Waals surface area contributed by atoms with Gasteiger partial charge in [0, 0.05) is 11.2 Å². The molecule has 0 heterocycles. The molecule has 18 heavy (non-hydrogen) atoms. The summed E-state index contributed by atoms with van der Waals surface area (Å²) in [5.41, 5.74) is 4.13. The second-order valence-corrected chi connectivity index (χ2v) is 3.62. The fourth-order valence-corrected chi connectivity index (χ4v) is 1.16. The SMILES string of the molecule is N/C(C(=O)O)=C(/N=Cc1ccc(Cl)cc1)C(=O)O. The highest BCUT2D eigenvalue weighted by Crippen LogP contribution is 2.09. The molecule has 0 aliphatic heterocycles. The predicted octanol–water partition coefficient (Wildman–Crippen LogP) is 1.10. The summed E-state index contributed by atoms with van der Waals surface area (Å²) in [5, 5.41) is 17.9. The fourth-order valence-electron chi connectivity index (χ4n) is 1.03. The summed E-state index contributed by atoms with van der Waals surface area (Å²) < 4.78 is 0. The Morgan fingerprint density at radius 1 is 1.17 bits per heavy atom. The van der Waals surface area contributed by atoms with Crippen LogP contribution < -0.4 is 5.73 Å². The van der Waals surface area contributed by atoms with Gasteiger partial charge in [-0.25, -0.2) is 14.6 Å². The third-order valence-electron chi connectivity index (χ3n) is 1.90. The molecule has 1 aromatic carbocycles. The van der Waals surface area contributed by atoms with E-state index in [0.717, 1.165) is 0 Å². The van der Waals surface area contributed by atoms with Crippen LogP contribution in [0.4, 0.5) is 0 Å².